The van der Waals surface area contributed by atoms with Crippen molar-refractivity contribution < 1.29 is 4.39 Å². The summed E-state index contributed by atoms with van der Waals surface area (Å²) in [6, 6.07) is 5.18. The van der Waals surface area contributed by atoms with E-state index in [1.165, 1.54) is 6.07 Å². The quantitative estimate of drug-likeness (QED) is 0.706. The Balaban J connectivity index is 2.52. The summed E-state index contributed by atoms with van der Waals surface area (Å²) in [6.45, 7) is 1.34. The van der Waals surface area contributed by atoms with E-state index >= 15 is 0 Å². The van der Waals surface area contributed by atoms with Crippen molar-refractivity contribution in [2.24, 2.45) is 5.73 Å². The van der Waals surface area contributed by atoms with E-state index in [1.54, 1.807) is 6.07 Å². The largest absolute Gasteiger partial charge is 0.374 e. The number of hydrogen-bond acceptors (Lipinski definition) is 2. The number of nitrogens with zero attached hydrogens (tertiary/aromatic N) is 1. The summed E-state index contributed by atoms with van der Waals surface area (Å²) in [7, 11) is 1.97. The topological polar surface area (TPSA) is 29.3 Å². The van der Waals surface area contributed by atoms with E-state index in [4.69, 9.17) is 5.73 Å². The van der Waals surface area contributed by atoms with Crippen LogP contribution in [0.2, 0.25) is 0 Å². The minimum absolute atomic E-state index is 0.127. The van der Waals surface area contributed by atoms with Crippen LogP contribution in [0.1, 0.15) is 11.5 Å². The maximum atomic E-state index is 13.4. The Bertz CT molecular complexity index is 325. The molecule has 1 heterocycles. The first-order valence-electron chi connectivity index (χ1n) is 4.43. The number of fused-ring (bicyclic) bond motifs is 1. The zero-order valence-electron chi connectivity index (χ0n) is 7.63. The van der Waals surface area contributed by atoms with E-state index in [0.717, 1.165) is 17.8 Å². The molecule has 2 N–H and O–H groups in total. The van der Waals surface area contributed by atoms with Gasteiger partial charge in [-0.1, -0.05) is 6.07 Å². The number of benzene rings is 1. The Morgan fingerprint density at radius 2 is 2.38 bits per heavy atom. The van der Waals surface area contributed by atoms with Gasteiger partial charge in [0.2, 0.25) is 0 Å². The lowest BCUT2D eigenvalue weighted by Gasteiger charge is -2.11. The van der Waals surface area contributed by atoms with Crippen LogP contribution in [0.15, 0.2) is 18.2 Å². The van der Waals surface area contributed by atoms with Gasteiger partial charge in [0, 0.05) is 37.3 Å². The van der Waals surface area contributed by atoms with Crippen molar-refractivity contribution in [3.05, 3.63) is 29.6 Å². The number of rotatable bonds is 1. The van der Waals surface area contributed by atoms with Crippen LogP contribution in [0.3, 0.4) is 0 Å². The molecule has 1 aliphatic rings. The maximum absolute atomic E-state index is 13.4. The molecule has 3 heteroatoms. The predicted molar refractivity (Wildman–Crippen MR) is 51.5 cm³/mol. The lowest BCUT2D eigenvalue weighted by atomic mass is 10.0. The molecule has 0 radical (unpaired) electrons. The van der Waals surface area contributed by atoms with Crippen LogP contribution >= 0.6 is 0 Å². The van der Waals surface area contributed by atoms with E-state index in [-0.39, 0.29) is 11.7 Å². The second-order valence-corrected chi connectivity index (χ2v) is 3.49. The summed E-state index contributed by atoms with van der Waals surface area (Å²) in [4.78, 5) is 2.05. The van der Waals surface area contributed by atoms with Crippen LogP contribution < -0.4 is 10.6 Å². The van der Waals surface area contributed by atoms with Gasteiger partial charge in [0.25, 0.3) is 0 Å². The smallest absolute Gasteiger partial charge is 0.128 e. The van der Waals surface area contributed by atoms with Gasteiger partial charge < -0.3 is 10.6 Å². The highest BCUT2D eigenvalue weighted by Gasteiger charge is 2.27. The molecule has 0 amide bonds. The van der Waals surface area contributed by atoms with Gasteiger partial charge in [-0.2, -0.15) is 0 Å². The zero-order chi connectivity index (χ0) is 9.42. The minimum Gasteiger partial charge on any atom is -0.374 e. The summed E-state index contributed by atoms with van der Waals surface area (Å²) in [6.07, 6.45) is 0. The first-order chi connectivity index (χ1) is 6.24. The van der Waals surface area contributed by atoms with Gasteiger partial charge in [-0.15, -0.1) is 0 Å². The highest BCUT2D eigenvalue weighted by atomic mass is 19.1. The monoisotopic (exact) mass is 180 g/mol. The second-order valence-electron chi connectivity index (χ2n) is 3.49. The molecule has 2 rings (SSSR count). The van der Waals surface area contributed by atoms with Crippen LogP contribution in [0.25, 0.3) is 0 Å². The molecule has 1 aromatic rings. The highest BCUT2D eigenvalue weighted by molar-refractivity contribution is 5.60. The molecule has 0 saturated heterocycles. The summed E-state index contributed by atoms with van der Waals surface area (Å²) < 4.78 is 13.4. The SMILES string of the molecule is CN1CC(CN)c2c(F)cccc21. The van der Waals surface area contributed by atoms with Gasteiger partial charge in [-0.05, 0) is 12.1 Å². The van der Waals surface area contributed by atoms with Crippen molar-refractivity contribution in [1.82, 2.24) is 0 Å². The third-order valence-electron chi connectivity index (χ3n) is 2.63. The summed E-state index contributed by atoms with van der Waals surface area (Å²) in [5.41, 5.74) is 7.35. The van der Waals surface area contributed by atoms with Gasteiger partial charge in [0.05, 0.1) is 0 Å². The van der Waals surface area contributed by atoms with Crippen LogP contribution in [-0.4, -0.2) is 20.1 Å². The van der Waals surface area contributed by atoms with Crippen molar-refractivity contribution in [2.75, 3.05) is 25.0 Å². The fraction of sp³-hybridized carbons (Fsp3) is 0.400. The number of anilines is 1. The third-order valence-corrected chi connectivity index (χ3v) is 2.63. The van der Waals surface area contributed by atoms with Crippen molar-refractivity contribution in [2.45, 2.75) is 5.92 Å². The molecule has 0 fully saturated rings. The molecule has 1 aromatic carbocycles. The number of halogens is 1. The van der Waals surface area contributed by atoms with E-state index in [2.05, 4.69) is 4.90 Å². The minimum atomic E-state index is -0.127. The normalized spacial score (nSPS) is 20.5. The summed E-state index contributed by atoms with van der Waals surface area (Å²) in [5.74, 6) is 0.0264. The third kappa shape index (κ3) is 1.20. The average molecular weight is 180 g/mol. The van der Waals surface area contributed by atoms with Crippen molar-refractivity contribution in [1.29, 1.82) is 0 Å². The molecule has 0 saturated carbocycles. The molecule has 0 bridgehead atoms. The van der Waals surface area contributed by atoms with Gasteiger partial charge in [0.1, 0.15) is 5.82 Å². The number of likely N-dealkylation sites (N-methyl/N-ethyl adjacent to an activating group) is 1. The van der Waals surface area contributed by atoms with Gasteiger partial charge in [-0.25, -0.2) is 4.39 Å². The summed E-state index contributed by atoms with van der Waals surface area (Å²) >= 11 is 0. The van der Waals surface area contributed by atoms with Crippen LogP contribution in [0.4, 0.5) is 10.1 Å². The van der Waals surface area contributed by atoms with Crippen LogP contribution in [0.5, 0.6) is 0 Å². The summed E-state index contributed by atoms with van der Waals surface area (Å²) in [5, 5.41) is 0. The Morgan fingerprint density at radius 1 is 1.62 bits per heavy atom. The molecule has 13 heavy (non-hydrogen) atoms. The molecule has 1 unspecified atom stereocenters. The maximum Gasteiger partial charge on any atom is 0.128 e. The van der Waals surface area contributed by atoms with E-state index < -0.39 is 0 Å². The molecule has 1 atom stereocenters. The Kier molecular flexibility index (Phi) is 1.96. The van der Waals surface area contributed by atoms with E-state index in [0.29, 0.717) is 6.54 Å². The van der Waals surface area contributed by atoms with Gasteiger partial charge >= 0.3 is 0 Å². The van der Waals surface area contributed by atoms with Crippen molar-refractivity contribution in [3.63, 3.8) is 0 Å². The fourth-order valence-corrected chi connectivity index (χ4v) is 1.98. The Morgan fingerprint density at radius 3 is 3.08 bits per heavy atom. The number of nitrogens with two attached hydrogens (primary N) is 1. The lowest BCUT2D eigenvalue weighted by Crippen LogP contribution is -2.20. The van der Waals surface area contributed by atoms with E-state index in [9.17, 15) is 4.39 Å². The van der Waals surface area contributed by atoms with Crippen LogP contribution in [0, 0.1) is 5.82 Å². The average Bonchev–Trinajstić information content (AvgIpc) is 2.45. The molecule has 0 spiro atoms. The first-order valence-corrected chi connectivity index (χ1v) is 4.43. The van der Waals surface area contributed by atoms with E-state index in [1.807, 2.05) is 13.1 Å². The fourth-order valence-electron chi connectivity index (χ4n) is 1.98. The standard InChI is InChI=1S/C10H13FN2/c1-13-6-7(5-12)10-8(11)3-2-4-9(10)13/h2-4,7H,5-6,12H2,1H3. The Hall–Kier alpha value is -1.09. The molecule has 1 aliphatic heterocycles. The first kappa shape index (κ1) is 8.51. The van der Waals surface area contributed by atoms with Gasteiger partial charge in [-0.3, -0.25) is 0 Å². The second kappa shape index (κ2) is 3.00. The van der Waals surface area contributed by atoms with Gasteiger partial charge in [0.15, 0.2) is 0 Å². The Labute approximate surface area is 77.2 Å². The highest BCUT2D eigenvalue weighted by Crippen LogP contribution is 2.36. The van der Waals surface area contributed by atoms with Crippen molar-refractivity contribution >= 4 is 5.69 Å². The molecule has 2 nitrogen and oxygen atoms in total. The van der Waals surface area contributed by atoms with Crippen molar-refractivity contribution in [3.8, 4) is 0 Å². The number of hydrogen-bond donors (Lipinski definition) is 1. The lowest BCUT2D eigenvalue weighted by molar-refractivity contribution is 0.594. The predicted octanol–water partition coefficient (Wildman–Crippen LogP) is 1.32. The molecular formula is C10H13FN2. The van der Waals surface area contributed by atoms with Crippen LogP contribution in [-0.2, 0) is 0 Å². The molecular weight excluding hydrogens is 167 g/mol. The molecule has 70 valence electrons. The zero-order valence-corrected chi connectivity index (χ0v) is 7.63. The molecule has 0 aromatic heterocycles. The molecule has 0 aliphatic carbocycles.